The van der Waals surface area contributed by atoms with Crippen molar-refractivity contribution in [2.75, 3.05) is 13.2 Å². The summed E-state index contributed by atoms with van der Waals surface area (Å²) in [7, 11) is 0. The number of carboxylic acid groups (broad SMARTS) is 1. The molecule has 0 heterocycles. The normalized spacial score (nSPS) is 15.9. The molecule has 46 heavy (non-hydrogen) atoms. The minimum atomic E-state index is -1.28. The Bertz CT molecular complexity index is 1070. The van der Waals surface area contributed by atoms with Gasteiger partial charge in [0.2, 0.25) is 23.5 Å². The van der Waals surface area contributed by atoms with E-state index in [4.69, 9.17) is 9.84 Å². The molecule has 4 atom stereocenters. The average Bonchev–Trinajstić information content (AvgIpc) is 3.00. The van der Waals surface area contributed by atoms with Gasteiger partial charge in [0.25, 0.3) is 5.91 Å². The first-order valence-electron chi connectivity index (χ1n) is 16.2. The van der Waals surface area contributed by atoms with Crippen LogP contribution in [0.1, 0.15) is 92.4 Å². The maximum absolute atomic E-state index is 13.6. The van der Waals surface area contributed by atoms with Crippen LogP contribution in [0.2, 0.25) is 0 Å². The lowest BCUT2D eigenvalue weighted by molar-refractivity contribution is -0.142. The molecule has 0 aromatic heterocycles. The van der Waals surface area contributed by atoms with Crippen LogP contribution in [-0.2, 0) is 33.5 Å². The van der Waals surface area contributed by atoms with Gasteiger partial charge >= 0.3 is 12.1 Å². The van der Waals surface area contributed by atoms with Crippen molar-refractivity contribution in [3.05, 3.63) is 12.7 Å². The molecule has 0 saturated heterocycles. The van der Waals surface area contributed by atoms with E-state index in [2.05, 4.69) is 33.2 Å². The van der Waals surface area contributed by atoms with Crippen LogP contribution in [0.5, 0.6) is 0 Å². The second kappa shape index (κ2) is 20.9. The molecule has 14 nitrogen and oxygen atoms in total. The zero-order chi connectivity index (χ0) is 34.8. The van der Waals surface area contributed by atoms with E-state index in [-0.39, 0.29) is 43.6 Å². The van der Waals surface area contributed by atoms with E-state index in [0.29, 0.717) is 6.42 Å². The standard InChI is InChI=1S/C32H53N5O9/c1-7-12-22(27(39)30(42)33-17-25(38)34-23(13-8-2)31(43)44)35-28(40)24(16-19(3)4)36-29(41)26(21-14-10-9-11-15-21)37-32(45)46-18-20(5)6/h8,19-24,26H,2,7,9-18H2,1,3-6H3,(H,33,42)(H,34,38)(H,35,40)(H,36,41)(H,37,45)(H,43,44)/t22?,23?,24-,26-/m0/s1. The summed E-state index contributed by atoms with van der Waals surface area (Å²) in [5, 5.41) is 21.6. The molecule has 0 aromatic carbocycles. The van der Waals surface area contributed by atoms with E-state index in [1.165, 1.54) is 6.08 Å². The molecule has 260 valence electrons. The first-order chi connectivity index (χ1) is 21.7. The number of rotatable bonds is 20. The molecule has 0 aromatic rings. The van der Waals surface area contributed by atoms with Crippen LogP contribution >= 0.6 is 0 Å². The van der Waals surface area contributed by atoms with Crippen molar-refractivity contribution in [3.8, 4) is 0 Å². The Morgan fingerprint density at radius 3 is 2.02 bits per heavy atom. The number of carbonyl (C=O) groups excluding carboxylic acids is 6. The highest BCUT2D eigenvalue weighted by Crippen LogP contribution is 2.27. The molecule has 1 aliphatic rings. The second-order valence-corrected chi connectivity index (χ2v) is 12.6. The lowest BCUT2D eigenvalue weighted by Crippen LogP contribution is -2.58. The van der Waals surface area contributed by atoms with Crippen LogP contribution in [0.3, 0.4) is 0 Å². The zero-order valence-corrected chi connectivity index (χ0v) is 27.8. The monoisotopic (exact) mass is 651 g/mol. The number of aliphatic carboxylic acids is 1. The quantitative estimate of drug-likeness (QED) is 0.0838. The summed E-state index contributed by atoms with van der Waals surface area (Å²) in [4.78, 5) is 88.7. The molecule has 1 fully saturated rings. The van der Waals surface area contributed by atoms with E-state index in [9.17, 15) is 33.6 Å². The molecule has 1 saturated carbocycles. The maximum atomic E-state index is 13.6. The Morgan fingerprint density at radius 2 is 1.48 bits per heavy atom. The highest BCUT2D eigenvalue weighted by atomic mass is 16.5. The third-order valence-electron chi connectivity index (χ3n) is 7.44. The minimum absolute atomic E-state index is 0.0354. The molecule has 0 spiro atoms. The first-order valence-corrected chi connectivity index (χ1v) is 16.2. The number of hydrogen-bond acceptors (Lipinski definition) is 8. The predicted molar refractivity (Wildman–Crippen MR) is 170 cm³/mol. The summed E-state index contributed by atoms with van der Waals surface area (Å²) in [6.45, 7) is 12.3. The largest absolute Gasteiger partial charge is 0.480 e. The summed E-state index contributed by atoms with van der Waals surface area (Å²) in [5.41, 5.74) is 0. The second-order valence-electron chi connectivity index (χ2n) is 12.6. The number of hydrogen-bond donors (Lipinski definition) is 6. The Hall–Kier alpha value is -3.97. The zero-order valence-electron chi connectivity index (χ0n) is 27.8. The molecule has 6 N–H and O–H groups in total. The van der Waals surface area contributed by atoms with Crippen LogP contribution in [0.15, 0.2) is 12.7 Å². The molecular formula is C32H53N5O9. The van der Waals surface area contributed by atoms with Crippen molar-refractivity contribution in [2.24, 2.45) is 17.8 Å². The smallest absolute Gasteiger partial charge is 0.407 e. The van der Waals surface area contributed by atoms with Crippen LogP contribution in [-0.4, -0.2) is 83.9 Å². The van der Waals surface area contributed by atoms with Crippen LogP contribution in [0.4, 0.5) is 4.79 Å². The summed E-state index contributed by atoms with van der Waals surface area (Å²) in [5.74, 6) is -5.49. The molecule has 0 bridgehead atoms. The SMILES string of the molecule is C=CCC(NC(=O)CNC(=O)C(=O)C(CCC)NC(=O)[C@H](CC(C)C)NC(=O)[C@@H](NC(=O)OCC(C)C)C1CCCCC1)C(=O)O. The van der Waals surface area contributed by atoms with E-state index in [1.807, 2.05) is 27.7 Å². The van der Waals surface area contributed by atoms with Crippen molar-refractivity contribution < 1.29 is 43.4 Å². The highest BCUT2D eigenvalue weighted by molar-refractivity contribution is 6.38. The number of alkyl carbamates (subject to hydrolysis) is 1. The van der Waals surface area contributed by atoms with Gasteiger partial charge in [-0.2, -0.15) is 0 Å². The van der Waals surface area contributed by atoms with Crippen LogP contribution in [0, 0.1) is 17.8 Å². The number of ether oxygens (including phenoxy) is 1. The molecule has 14 heteroatoms. The van der Waals surface area contributed by atoms with Gasteiger partial charge in [-0.25, -0.2) is 9.59 Å². The number of nitrogens with one attached hydrogen (secondary N) is 5. The van der Waals surface area contributed by atoms with Gasteiger partial charge in [0.1, 0.15) is 18.1 Å². The minimum Gasteiger partial charge on any atom is -0.480 e. The molecule has 0 aliphatic heterocycles. The van der Waals surface area contributed by atoms with Gasteiger partial charge in [-0.3, -0.25) is 24.0 Å². The first kappa shape index (κ1) is 40.1. The third kappa shape index (κ3) is 14.9. The van der Waals surface area contributed by atoms with Crippen LogP contribution in [0.25, 0.3) is 0 Å². The van der Waals surface area contributed by atoms with Crippen molar-refractivity contribution in [3.63, 3.8) is 0 Å². The number of ketones is 1. The Labute approximate surface area is 271 Å². The average molecular weight is 652 g/mol. The molecule has 1 rings (SSSR count). The number of carbonyl (C=O) groups is 7. The predicted octanol–water partition coefficient (Wildman–Crippen LogP) is 1.96. The molecular weight excluding hydrogens is 598 g/mol. The Morgan fingerprint density at radius 1 is 0.848 bits per heavy atom. The van der Waals surface area contributed by atoms with E-state index < -0.39 is 72.2 Å². The van der Waals surface area contributed by atoms with Gasteiger partial charge in [-0.05, 0) is 49.9 Å². The van der Waals surface area contributed by atoms with Crippen molar-refractivity contribution in [1.82, 2.24) is 26.6 Å². The van der Waals surface area contributed by atoms with Crippen LogP contribution < -0.4 is 26.6 Å². The fraction of sp³-hybridized carbons (Fsp3) is 0.719. The fourth-order valence-corrected chi connectivity index (χ4v) is 5.11. The van der Waals surface area contributed by atoms with Gasteiger partial charge < -0.3 is 36.4 Å². The number of carboxylic acids is 1. The summed E-state index contributed by atoms with van der Waals surface area (Å²) in [6, 6.07) is -4.46. The fourth-order valence-electron chi connectivity index (χ4n) is 5.11. The highest BCUT2D eigenvalue weighted by Gasteiger charge is 2.35. The van der Waals surface area contributed by atoms with Gasteiger partial charge in [0, 0.05) is 0 Å². The van der Waals surface area contributed by atoms with E-state index in [0.717, 1.165) is 32.1 Å². The van der Waals surface area contributed by atoms with Crippen molar-refractivity contribution >= 4 is 41.5 Å². The molecule has 5 amide bonds. The molecule has 1 aliphatic carbocycles. The third-order valence-corrected chi connectivity index (χ3v) is 7.44. The molecule has 2 unspecified atom stereocenters. The maximum Gasteiger partial charge on any atom is 0.407 e. The van der Waals surface area contributed by atoms with Crippen molar-refractivity contribution in [2.45, 2.75) is 117 Å². The topological polar surface area (TPSA) is 209 Å². The van der Waals surface area contributed by atoms with Gasteiger partial charge in [0.15, 0.2) is 0 Å². The Kier molecular flexibility index (Phi) is 18.2. The lowest BCUT2D eigenvalue weighted by atomic mass is 9.83. The van der Waals surface area contributed by atoms with E-state index >= 15 is 0 Å². The van der Waals surface area contributed by atoms with Gasteiger partial charge in [-0.1, -0.05) is 66.4 Å². The van der Waals surface area contributed by atoms with E-state index in [1.54, 1.807) is 6.92 Å². The van der Waals surface area contributed by atoms with Gasteiger partial charge in [0.05, 0.1) is 19.2 Å². The number of Topliss-reactive ketones (excluding diaryl/α,β-unsaturated/α-hetero) is 1. The molecule has 0 radical (unpaired) electrons. The number of amides is 5. The van der Waals surface area contributed by atoms with Gasteiger partial charge in [-0.15, -0.1) is 6.58 Å². The lowest BCUT2D eigenvalue weighted by Gasteiger charge is -2.31. The summed E-state index contributed by atoms with van der Waals surface area (Å²) in [6.07, 6.45) is 5.65. The summed E-state index contributed by atoms with van der Waals surface area (Å²) < 4.78 is 5.26. The Balaban J connectivity index is 3.00. The summed E-state index contributed by atoms with van der Waals surface area (Å²) >= 11 is 0. The van der Waals surface area contributed by atoms with Crippen molar-refractivity contribution in [1.29, 1.82) is 0 Å².